The van der Waals surface area contributed by atoms with Crippen molar-refractivity contribution >= 4 is 29.0 Å². The number of hydrogen-bond acceptors (Lipinski definition) is 2. The third-order valence-electron chi connectivity index (χ3n) is 0.289. The monoisotopic (exact) mass is 105 g/mol. The van der Waals surface area contributed by atoms with Gasteiger partial charge in [-0.1, -0.05) is 6.92 Å². The summed E-state index contributed by atoms with van der Waals surface area (Å²) < 4.78 is 0.671. The van der Waals surface area contributed by atoms with Gasteiger partial charge in [0.2, 0.25) is 0 Å². The van der Waals surface area contributed by atoms with Crippen LogP contribution in [0.2, 0.25) is 0 Å². The van der Waals surface area contributed by atoms with E-state index in [2.05, 4.69) is 24.8 Å². The van der Waals surface area contributed by atoms with Crippen LogP contribution in [0.3, 0.4) is 0 Å². The standard InChI is InChI=1S/C3H6S2/c1-2-3(4)5/h2H2,1H3,(H,4,5)/p-1. The quantitative estimate of drug-likeness (QED) is 0.364. The molecule has 5 heavy (non-hydrogen) atoms. The molecule has 0 aromatic heterocycles. The maximum absolute atomic E-state index is 4.51. The first-order valence-electron chi connectivity index (χ1n) is 1.47. The molecule has 0 aliphatic heterocycles. The van der Waals surface area contributed by atoms with Crippen molar-refractivity contribution in [1.82, 2.24) is 0 Å². The highest BCUT2D eigenvalue weighted by Crippen LogP contribution is 1.76. The molecule has 0 bridgehead atoms. The van der Waals surface area contributed by atoms with Gasteiger partial charge in [-0.2, -0.15) is 4.20 Å². The molecule has 0 aromatic rings. The molecule has 30 valence electrons. The topological polar surface area (TPSA) is 0 Å². The van der Waals surface area contributed by atoms with Gasteiger partial charge in [-0.15, -0.1) is 0 Å². The molecular weight excluding hydrogens is 100 g/mol. The first-order valence-corrected chi connectivity index (χ1v) is 2.29. The minimum atomic E-state index is 0.671. The highest BCUT2D eigenvalue weighted by Gasteiger charge is 1.58. The molecule has 0 N–H and O–H groups in total. The molecule has 0 spiro atoms. The Bertz CT molecular complexity index is 40.2. The van der Waals surface area contributed by atoms with Crippen molar-refractivity contribution in [2.45, 2.75) is 13.3 Å². The molecule has 0 fully saturated rings. The summed E-state index contributed by atoms with van der Waals surface area (Å²) in [6.45, 7) is 1.95. The Balaban J connectivity index is 2.85. The summed E-state index contributed by atoms with van der Waals surface area (Å²) in [5.74, 6) is 0. The van der Waals surface area contributed by atoms with Crippen LogP contribution in [-0.2, 0) is 12.6 Å². The van der Waals surface area contributed by atoms with Crippen LogP contribution in [0.25, 0.3) is 0 Å². The van der Waals surface area contributed by atoms with Crippen LogP contribution in [0, 0.1) is 0 Å². The van der Waals surface area contributed by atoms with Crippen molar-refractivity contribution in [1.29, 1.82) is 0 Å². The second-order valence-electron chi connectivity index (χ2n) is 0.726. The van der Waals surface area contributed by atoms with Gasteiger partial charge in [-0.05, 0) is 6.42 Å². The van der Waals surface area contributed by atoms with Crippen LogP contribution >= 0.6 is 12.2 Å². The Hall–Kier alpha value is 0.310. The average molecular weight is 105 g/mol. The molecule has 0 saturated heterocycles. The van der Waals surface area contributed by atoms with Gasteiger partial charge in [-0.3, -0.25) is 0 Å². The second-order valence-corrected chi connectivity index (χ2v) is 1.97. The minimum Gasteiger partial charge on any atom is -0.433 e. The van der Waals surface area contributed by atoms with Crippen LogP contribution < -0.4 is 0 Å². The fourth-order valence-corrected chi connectivity index (χ4v) is 0. The summed E-state index contributed by atoms with van der Waals surface area (Å²) >= 11 is 9.02. The summed E-state index contributed by atoms with van der Waals surface area (Å²) in [6, 6.07) is 0. The zero-order valence-corrected chi connectivity index (χ0v) is 4.66. The SMILES string of the molecule is CCC(=S)[S-]. The van der Waals surface area contributed by atoms with Gasteiger partial charge in [0.15, 0.2) is 0 Å². The highest BCUT2D eigenvalue weighted by atomic mass is 32.1. The molecule has 0 amide bonds. The van der Waals surface area contributed by atoms with Crippen LogP contribution in [0.15, 0.2) is 0 Å². The molecule has 2 heteroatoms. The molecule has 0 aliphatic carbocycles. The fourth-order valence-electron chi connectivity index (χ4n) is 0. The van der Waals surface area contributed by atoms with Crippen molar-refractivity contribution in [3.05, 3.63) is 0 Å². The number of rotatable bonds is 1. The number of thiocarbonyl (C=S) groups is 1. The number of hydrogen-bond donors (Lipinski definition) is 0. The molecule has 0 heterocycles. The lowest BCUT2D eigenvalue weighted by Crippen LogP contribution is -1.77. The van der Waals surface area contributed by atoms with E-state index in [1.165, 1.54) is 0 Å². The maximum Gasteiger partial charge on any atom is -0.0492 e. The summed E-state index contributed by atoms with van der Waals surface area (Å²) in [5, 5.41) is 0. The van der Waals surface area contributed by atoms with Gasteiger partial charge >= 0.3 is 0 Å². The van der Waals surface area contributed by atoms with E-state index in [9.17, 15) is 0 Å². The summed E-state index contributed by atoms with van der Waals surface area (Å²) in [4.78, 5) is 0. The van der Waals surface area contributed by atoms with Gasteiger partial charge in [0.05, 0.1) is 0 Å². The second kappa shape index (κ2) is 2.54. The van der Waals surface area contributed by atoms with Crippen LogP contribution in [0.5, 0.6) is 0 Å². The van der Waals surface area contributed by atoms with Gasteiger partial charge < -0.3 is 24.8 Å². The zero-order valence-electron chi connectivity index (χ0n) is 3.02. The Morgan fingerprint density at radius 3 is 2.20 bits per heavy atom. The lowest BCUT2D eigenvalue weighted by Gasteiger charge is -1.92. The summed E-state index contributed by atoms with van der Waals surface area (Å²) in [6.07, 6.45) is 0.852. The van der Waals surface area contributed by atoms with E-state index >= 15 is 0 Å². The van der Waals surface area contributed by atoms with Crippen molar-refractivity contribution in [2.75, 3.05) is 0 Å². The minimum absolute atomic E-state index is 0.671. The largest absolute Gasteiger partial charge is 0.433 e. The first kappa shape index (κ1) is 5.31. The third-order valence-corrected chi connectivity index (χ3v) is 0.866. The average Bonchev–Trinajstić information content (AvgIpc) is 1.38. The normalized spacial score (nSPS) is 7.40. The van der Waals surface area contributed by atoms with E-state index < -0.39 is 0 Å². The zero-order chi connectivity index (χ0) is 4.28. The molecule has 0 aromatic carbocycles. The van der Waals surface area contributed by atoms with Crippen molar-refractivity contribution in [2.24, 2.45) is 0 Å². The Labute approximate surface area is 43.0 Å². The summed E-state index contributed by atoms with van der Waals surface area (Å²) in [5.41, 5.74) is 0. The predicted molar refractivity (Wildman–Crippen MR) is 30.3 cm³/mol. The summed E-state index contributed by atoms with van der Waals surface area (Å²) in [7, 11) is 0. The van der Waals surface area contributed by atoms with Gasteiger partial charge in [0.1, 0.15) is 0 Å². The molecule has 0 aliphatic rings. The van der Waals surface area contributed by atoms with E-state index in [4.69, 9.17) is 0 Å². The molecular formula is C3H5S2-. The molecule has 0 saturated carbocycles. The van der Waals surface area contributed by atoms with Crippen LogP contribution in [-0.4, -0.2) is 4.20 Å². The van der Waals surface area contributed by atoms with Gasteiger partial charge in [0.25, 0.3) is 0 Å². The molecule has 0 nitrogen and oxygen atoms in total. The van der Waals surface area contributed by atoms with Crippen molar-refractivity contribution in [3.8, 4) is 0 Å². The first-order chi connectivity index (χ1) is 2.27. The van der Waals surface area contributed by atoms with Crippen molar-refractivity contribution in [3.63, 3.8) is 0 Å². The Morgan fingerprint density at radius 2 is 2.20 bits per heavy atom. The van der Waals surface area contributed by atoms with Gasteiger partial charge in [0, 0.05) is 0 Å². The smallest absolute Gasteiger partial charge is 0.0492 e. The van der Waals surface area contributed by atoms with E-state index in [0.717, 1.165) is 6.42 Å². The third kappa shape index (κ3) is 4.31. The predicted octanol–water partition coefficient (Wildman–Crippen LogP) is 1.27. The lowest BCUT2D eigenvalue weighted by molar-refractivity contribution is 1.35. The maximum atomic E-state index is 4.51. The fraction of sp³-hybridized carbons (Fsp3) is 0.667. The van der Waals surface area contributed by atoms with E-state index in [-0.39, 0.29) is 0 Å². The van der Waals surface area contributed by atoms with Crippen LogP contribution in [0.4, 0.5) is 0 Å². The van der Waals surface area contributed by atoms with E-state index in [1.807, 2.05) is 6.92 Å². The molecule has 0 atom stereocenters. The van der Waals surface area contributed by atoms with Gasteiger partial charge in [-0.25, -0.2) is 0 Å². The Morgan fingerprint density at radius 1 is 2.00 bits per heavy atom. The lowest BCUT2D eigenvalue weighted by atomic mass is 10.6. The highest BCUT2D eigenvalue weighted by molar-refractivity contribution is 8.00. The van der Waals surface area contributed by atoms with Crippen molar-refractivity contribution < 1.29 is 0 Å². The van der Waals surface area contributed by atoms with Crippen LogP contribution in [0.1, 0.15) is 13.3 Å². The molecule has 0 radical (unpaired) electrons. The van der Waals surface area contributed by atoms with E-state index in [1.54, 1.807) is 0 Å². The van der Waals surface area contributed by atoms with E-state index in [0.29, 0.717) is 4.20 Å². The molecule has 0 unspecified atom stereocenters. The Kier molecular flexibility index (Phi) is 2.70. The molecule has 0 rings (SSSR count).